The summed E-state index contributed by atoms with van der Waals surface area (Å²) in [6.45, 7) is 6.62. The number of carbonyl (C=O) groups excluding carboxylic acids is 1. The molecule has 4 aromatic carbocycles. The van der Waals surface area contributed by atoms with E-state index in [1.807, 2.05) is 66.7 Å². The molecule has 2 aliphatic rings. The van der Waals surface area contributed by atoms with Crippen LogP contribution in [0.15, 0.2) is 116 Å². The van der Waals surface area contributed by atoms with Crippen LogP contribution < -0.4 is 10.6 Å². The normalized spacial score (nSPS) is 19.7. The highest BCUT2D eigenvalue weighted by Gasteiger charge is 2.34. The maximum absolute atomic E-state index is 12.6. The molecule has 2 fully saturated rings. The predicted octanol–water partition coefficient (Wildman–Crippen LogP) is 7.82. The van der Waals surface area contributed by atoms with Gasteiger partial charge in [-0.2, -0.15) is 0 Å². The first-order chi connectivity index (χ1) is 23.6. The van der Waals surface area contributed by atoms with Crippen molar-refractivity contribution in [3.8, 4) is 11.1 Å². The molecule has 7 heteroatoms. The molecular formula is C41H47N3O4. The summed E-state index contributed by atoms with van der Waals surface area (Å²) in [7, 11) is 0. The van der Waals surface area contributed by atoms with Gasteiger partial charge in [-0.25, -0.2) is 4.79 Å². The van der Waals surface area contributed by atoms with Gasteiger partial charge in [0, 0.05) is 44.2 Å². The zero-order valence-corrected chi connectivity index (χ0v) is 27.6. The fourth-order valence-electron chi connectivity index (χ4n) is 6.89. The van der Waals surface area contributed by atoms with Crippen LogP contribution in [0.25, 0.3) is 11.1 Å². The molecule has 0 radical (unpaired) electrons. The van der Waals surface area contributed by atoms with Crippen molar-refractivity contribution in [1.82, 2.24) is 15.5 Å². The number of urea groups is 1. The van der Waals surface area contributed by atoms with Crippen LogP contribution in [0.4, 0.5) is 4.79 Å². The van der Waals surface area contributed by atoms with Crippen molar-refractivity contribution in [3.63, 3.8) is 0 Å². The van der Waals surface area contributed by atoms with Gasteiger partial charge >= 0.3 is 6.03 Å². The Morgan fingerprint density at radius 2 is 1.50 bits per heavy atom. The van der Waals surface area contributed by atoms with Gasteiger partial charge in [-0.05, 0) is 46.2 Å². The third-order valence-electron chi connectivity index (χ3n) is 9.50. The maximum atomic E-state index is 12.6. The van der Waals surface area contributed by atoms with Crippen molar-refractivity contribution in [1.29, 1.82) is 0 Å². The monoisotopic (exact) mass is 645 g/mol. The van der Waals surface area contributed by atoms with Crippen molar-refractivity contribution in [2.24, 2.45) is 0 Å². The average Bonchev–Trinajstić information content (AvgIpc) is 3.69. The lowest BCUT2D eigenvalue weighted by atomic mass is 9.97. The van der Waals surface area contributed by atoms with Crippen molar-refractivity contribution >= 4 is 6.03 Å². The first kappa shape index (κ1) is 33.6. The molecule has 7 nitrogen and oxygen atoms in total. The molecule has 6 rings (SSSR count). The van der Waals surface area contributed by atoms with Gasteiger partial charge in [0.15, 0.2) is 6.29 Å². The molecule has 1 heterocycles. The Morgan fingerprint density at radius 3 is 2.23 bits per heavy atom. The molecule has 3 atom stereocenters. The van der Waals surface area contributed by atoms with E-state index in [-0.39, 0.29) is 24.8 Å². The number of rotatable bonds is 13. The van der Waals surface area contributed by atoms with Gasteiger partial charge in [0.25, 0.3) is 0 Å². The first-order valence-electron chi connectivity index (χ1n) is 17.2. The number of benzene rings is 4. The Balaban J connectivity index is 1.16. The van der Waals surface area contributed by atoms with E-state index in [0.29, 0.717) is 19.1 Å². The van der Waals surface area contributed by atoms with E-state index in [1.165, 1.54) is 25.7 Å². The Kier molecular flexibility index (Phi) is 11.7. The van der Waals surface area contributed by atoms with Crippen LogP contribution in [-0.4, -0.2) is 41.3 Å². The molecule has 1 aliphatic heterocycles. The second kappa shape index (κ2) is 16.7. The lowest BCUT2D eigenvalue weighted by Crippen LogP contribution is -2.43. The molecule has 0 bridgehead atoms. The number of aliphatic hydroxyl groups is 1. The fourth-order valence-corrected chi connectivity index (χ4v) is 6.89. The maximum Gasteiger partial charge on any atom is 0.315 e. The van der Waals surface area contributed by atoms with Gasteiger partial charge < -0.3 is 25.2 Å². The Hall–Kier alpha value is -4.27. The number of aliphatic hydroxyl groups excluding tert-OH is 1. The largest absolute Gasteiger partial charge is 0.392 e. The molecule has 48 heavy (non-hydrogen) atoms. The van der Waals surface area contributed by atoms with E-state index in [0.717, 1.165) is 58.5 Å². The Labute approximate surface area is 284 Å². The standard InChI is InChI=1S/C41H47N3O4/c1-2-24-44(36-13-7-8-14-36)28-37-25-39(33-18-16-31(29-45)17-19-33)48-40(47-37)34-22-20-32(21-23-34)38-15-9-6-12-35(38)27-43-41(46)42-26-30-10-4-3-5-11-30/h2-6,9-12,15-23,36-37,39-40,45H,1,7-8,13-14,24-29H2,(H2,42,43,46). The number of amides is 2. The van der Waals surface area contributed by atoms with E-state index < -0.39 is 6.29 Å². The molecule has 0 spiro atoms. The van der Waals surface area contributed by atoms with E-state index >= 15 is 0 Å². The van der Waals surface area contributed by atoms with E-state index in [4.69, 9.17) is 9.47 Å². The number of nitrogens with zero attached hydrogens (tertiary/aromatic N) is 1. The van der Waals surface area contributed by atoms with Crippen molar-refractivity contribution in [2.75, 3.05) is 13.1 Å². The first-order valence-corrected chi connectivity index (χ1v) is 17.2. The van der Waals surface area contributed by atoms with Crippen LogP contribution in [0.2, 0.25) is 0 Å². The van der Waals surface area contributed by atoms with E-state index in [9.17, 15) is 9.90 Å². The van der Waals surface area contributed by atoms with Crippen LogP contribution >= 0.6 is 0 Å². The number of ether oxygens (including phenoxy) is 2. The number of nitrogens with one attached hydrogen (secondary N) is 2. The molecular weight excluding hydrogens is 598 g/mol. The molecule has 250 valence electrons. The number of hydrogen-bond acceptors (Lipinski definition) is 5. The quantitative estimate of drug-likeness (QED) is 0.129. The van der Waals surface area contributed by atoms with Crippen LogP contribution in [0.5, 0.6) is 0 Å². The average molecular weight is 646 g/mol. The van der Waals surface area contributed by atoms with Crippen molar-refractivity contribution in [3.05, 3.63) is 144 Å². The summed E-state index contributed by atoms with van der Waals surface area (Å²) >= 11 is 0. The number of carbonyl (C=O) groups is 1. The van der Waals surface area contributed by atoms with Crippen molar-refractivity contribution < 1.29 is 19.4 Å². The summed E-state index contributed by atoms with van der Waals surface area (Å²) in [4.78, 5) is 15.1. The lowest BCUT2D eigenvalue weighted by molar-refractivity contribution is -0.253. The second-order valence-electron chi connectivity index (χ2n) is 12.8. The van der Waals surface area contributed by atoms with Crippen molar-refractivity contribution in [2.45, 2.75) is 76.3 Å². The molecule has 0 aromatic heterocycles. The Morgan fingerprint density at radius 1 is 0.812 bits per heavy atom. The molecule has 2 amide bonds. The molecule has 1 saturated heterocycles. The summed E-state index contributed by atoms with van der Waals surface area (Å²) < 4.78 is 13.3. The molecule has 4 aromatic rings. The van der Waals surface area contributed by atoms with Gasteiger partial charge in [0.2, 0.25) is 0 Å². The van der Waals surface area contributed by atoms with Gasteiger partial charge in [-0.15, -0.1) is 6.58 Å². The highest BCUT2D eigenvalue weighted by atomic mass is 16.7. The molecule has 1 saturated carbocycles. The zero-order chi connectivity index (χ0) is 33.1. The molecule has 3 unspecified atom stereocenters. The lowest BCUT2D eigenvalue weighted by Gasteiger charge is -2.39. The SMILES string of the molecule is C=CCN(CC1CC(c2ccc(CO)cc2)OC(c2ccc(-c3ccccc3CNC(=O)NCc3ccccc3)cc2)O1)C1CCCC1. The minimum Gasteiger partial charge on any atom is -0.392 e. The van der Waals surface area contributed by atoms with Crippen LogP contribution in [0.1, 0.15) is 72.3 Å². The fraction of sp³-hybridized carbons (Fsp3) is 0.341. The Bertz CT molecular complexity index is 1600. The van der Waals surface area contributed by atoms with E-state index in [2.05, 4.69) is 64.6 Å². The molecule has 1 aliphatic carbocycles. The topological polar surface area (TPSA) is 83.1 Å². The zero-order valence-electron chi connectivity index (χ0n) is 27.6. The highest BCUT2D eigenvalue weighted by molar-refractivity contribution is 5.75. The summed E-state index contributed by atoms with van der Waals surface area (Å²) in [6, 6.07) is 34.8. The van der Waals surface area contributed by atoms with Crippen LogP contribution in [-0.2, 0) is 29.2 Å². The van der Waals surface area contributed by atoms with Crippen LogP contribution in [0, 0.1) is 0 Å². The summed E-state index contributed by atoms with van der Waals surface area (Å²) in [6.07, 6.45) is 7.12. The summed E-state index contributed by atoms with van der Waals surface area (Å²) in [5.41, 5.74) is 7.15. The third-order valence-corrected chi connectivity index (χ3v) is 9.50. The van der Waals surface area contributed by atoms with Crippen LogP contribution in [0.3, 0.4) is 0 Å². The summed E-state index contributed by atoms with van der Waals surface area (Å²) in [5.74, 6) is 0. The second-order valence-corrected chi connectivity index (χ2v) is 12.8. The van der Waals surface area contributed by atoms with Gasteiger partial charge in [0.1, 0.15) is 0 Å². The smallest absolute Gasteiger partial charge is 0.315 e. The highest BCUT2D eigenvalue weighted by Crippen LogP contribution is 2.39. The number of hydrogen-bond donors (Lipinski definition) is 3. The molecule has 3 N–H and O–H groups in total. The minimum atomic E-state index is -0.514. The van der Waals surface area contributed by atoms with E-state index in [1.54, 1.807) is 0 Å². The predicted molar refractivity (Wildman–Crippen MR) is 190 cm³/mol. The minimum absolute atomic E-state index is 0.00803. The van der Waals surface area contributed by atoms with Gasteiger partial charge in [-0.1, -0.05) is 122 Å². The summed E-state index contributed by atoms with van der Waals surface area (Å²) in [5, 5.41) is 15.5. The van der Waals surface area contributed by atoms with Gasteiger partial charge in [0.05, 0.1) is 18.8 Å². The van der Waals surface area contributed by atoms with Gasteiger partial charge in [-0.3, -0.25) is 4.90 Å². The third kappa shape index (κ3) is 8.79.